The van der Waals surface area contributed by atoms with Gasteiger partial charge >= 0.3 is 0 Å². The number of nitrogens with zero attached hydrogens (tertiary/aromatic N) is 3. The maximum absolute atomic E-state index is 13.0. The van der Waals surface area contributed by atoms with Gasteiger partial charge < -0.3 is 9.30 Å². The first-order chi connectivity index (χ1) is 16.3. The molecule has 0 saturated carbocycles. The fraction of sp³-hybridized carbons (Fsp3) is 0.167. The molecule has 3 aromatic carbocycles. The van der Waals surface area contributed by atoms with Gasteiger partial charge in [0.15, 0.2) is 4.80 Å². The summed E-state index contributed by atoms with van der Waals surface area (Å²) in [7, 11) is -0.680. The highest BCUT2D eigenvalue weighted by molar-refractivity contribution is 7.92. The molecule has 4 aromatic rings. The zero-order valence-corrected chi connectivity index (χ0v) is 20.9. The average Bonchev–Trinajstić information content (AvgIpc) is 3.20. The summed E-state index contributed by atoms with van der Waals surface area (Å²) in [4.78, 5) is 17.8. The number of carbonyl (C=O) groups is 1. The summed E-state index contributed by atoms with van der Waals surface area (Å²) in [6, 6.07) is 20.1. The molecule has 0 radical (unpaired) electrons. The van der Waals surface area contributed by atoms with E-state index in [-0.39, 0.29) is 10.5 Å². The van der Waals surface area contributed by atoms with Gasteiger partial charge in [-0.2, -0.15) is 4.99 Å². The zero-order valence-electron chi connectivity index (χ0n) is 18.5. The number of hydrogen-bond donors (Lipinski definition) is 0. The molecule has 0 aliphatic rings. The molecule has 10 heteroatoms. The summed E-state index contributed by atoms with van der Waals surface area (Å²) >= 11 is 7.75. The van der Waals surface area contributed by atoms with Gasteiger partial charge in [0.05, 0.1) is 32.4 Å². The molecule has 0 fully saturated rings. The van der Waals surface area contributed by atoms with E-state index in [9.17, 15) is 13.2 Å². The van der Waals surface area contributed by atoms with Crippen molar-refractivity contribution >= 4 is 54.8 Å². The molecule has 7 nitrogen and oxygen atoms in total. The first kappa shape index (κ1) is 24.2. The zero-order chi connectivity index (χ0) is 24.3. The summed E-state index contributed by atoms with van der Waals surface area (Å²) < 4.78 is 35.1. The second-order valence-corrected chi connectivity index (χ2v) is 10.8. The molecule has 1 amide bonds. The maximum Gasteiger partial charge on any atom is 0.279 e. The van der Waals surface area contributed by atoms with E-state index in [4.69, 9.17) is 16.3 Å². The molecule has 0 bridgehead atoms. The van der Waals surface area contributed by atoms with Crippen molar-refractivity contribution in [2.45, 2.75) is 11.4 Å². The van der Waals surface area contributed by atoms with Crippen LogP contribution in [0.15, 0.2) is 82.7 Å². The lowest BCUT2D eigenvalue weighted by Crippen LogP contribution is -2.26. The highest BCUT2D eigenvalue weighted by Gasteiger charge is 2.21. The van der Waals surface area contributed by atoms with Crippen LogP contribution in [0.1, 0.15) is 10.4 Å². The number of rotatable bonds is 7. The van der Waals surface area contributed by atoms with Gasteiger partial charge in [0.1, 0.15) is 0 Å². The minimum Gasteiger partial charge on any atom is -0.383 e. The number of hydrogen-bond acceptors (Lipinski definition) is 5. The molecule has 0 aliphatic carbocycles. The number of fused-ring (bicyclic) bond motifs is 1. The predicted octanol–water partition coefficient (Wildman–Crippen LogP) is 4.57. The van der Waals surface area contributed by atoms with Gasteiger partial charge in [-0.3, -0.25) is 9.10 Å². The summed E-state index contributed by atoms with van der Waals surface area (Å²) in [5.41, 5.74) is 1.62. The fourth-order valence-corrected chi connectivity index (χ4v) is 6.03. The van der Waals surface area contributed by atoms with Crippen LogP contribution in [0.25, 0.3) is 10.2 Å². The standard InChI is InChI=1S/C24H22ClN3O4S2/c1-27(18-7-4-3-5-8-18)34(30,31)19-13-11-17(12-14-19)23(29)26-24-28(15-16-32-2)22-20(25)9-6-10-21(22)33-24/h3-14H,15-16H2,1-2H3. The summed E-state index contributed by atoms with van der Waals surface area (Å²) in [6.07, 6.45) is 0. The normalized spacial score (nSPS) is 12.3. The van der Waals surface area contributed by atoms with Crippen LogP contribution in [0.4, 0.5) is 5.69 Å². The third-order valence-electron chi connectivity index (χ3n) is 5.25. The molecule has 1 heterocycles. The van der Waals surface area contributed by atoms with E-state index in [1.54, 1.807) is 37.4 Å². The SMILES string of the molecule is COCCn1c(=NC(=O)c2ccc(S(=O)(=O)N(C)c3ccccc3)cc2)sc2cccc(Cl)c21. The van der Waals surface area contributed by atoms with Gasteiger partial charge in [-0.15, -0.1) is 0 Å². The number of sulfonamides is 1. The smallest absolute Gasteiger partial charge is 0.279 e. The molecule has 176 valence electrons. The number of amides is 1. The van der Waals surface area contributed by atoms with Crippen molar-refractivity contribution in [3.63, 3.8) is 0 Å². The Morgan fingerprint density at radius 1 is 1.06 bits per heavy atom. The van der Waals surface area contributed by atoms with E-state index >= 15 is 0 Å². The summed E-state index contributed by atoms with van der Waals surface area (Å²) in [5.74, 6) is -0.478. The number of methoxy groups -OCH3 is 1. The van der Waals surface area contributed by atoms with Crippen LogP contribution in [0.2, 0.25) is 5.02 Å². The molecule has 0 N–H and O–H groups in total. The summed E-state index contributed by atoms with van der Waals surface area (Å²) in [5, 5.41) is 0.566. The van der Waals surface area contributed by atoms with Crippen molar-refractivity contribution in [3.8, 4) is 0 Å². The molecule has 0 spiro atoms. The van der Waals surface area contributed by atoms with Crippen molar-refractivity contribution in [1.82, 2.24) is 4.57 Å². The Hall–Kier alpha value is -2.98. The van der Waals surface area contributed by atoms with E-state index in [2.05, 4.69) is 4.99 Å². The molecule has 1 aromatic heterocycles. The topological polar surface area (TPSA) is 81.0 Å². The third kappa shape index (κ3) is 4.78. The van der Waals surface area contributed by atoms with Gasteiger partial charge in [0.2, 0.25) is 0 Å². The molecule has 34 heavy (non-hydrogen) atoms. The van der Waals surface area contributed by atoms with Crippen LogP contribution in [0.5, 0.6) is 0 Å². The Morgan fingerprint density at radius 2 is 1.76 bits per heavy atom. The van der Waals surface area contributed by atoms with E-state index < -0.39 is 15.9 Å². The van der Waals surface area contributed by atoms with Crippen molar-refractivity contribution in [1.29, 1.82) is 0 Å². The van der Waals surface area contributed by atoms with Crippen LogP contribution >= 0.6 is 22.9 Å². The number of aromatic nitrogens is 1. The molecule has 0 saturated heterocycles. The Balaban J connectivity index is 1.66. The van der Waals surface area contributed by atoms with E-state index in [0.717, 1.165) is 10.2 Å². The number of thiazole rings is 1. The van der Waals surface area contributed by atoms with Crippen molar-refractivity contribution in [2.75, 3.05) is 25.1 Å². The number of carbonyl (C=O) groups excluding carboxylic acids is 1. The van der Waals surface area contributed by atoms with Crippen molar-refractivity contribution < 1.29 is 17.9 Å². The Morgan fingerprint density at radius 3 is 2.44 bits per heavy atom. The van der Waals surface area contributed by atoms with Gasteiger partial charge in [-0.25, -0.2) is 8.42 Å². The lowest BCUT2D eigenvalue weighted by atomic mass is 10.2. The number of halogens is 1. The van der Waals surface area contributed by atoms with E-state index in [1.165, 1.54) is 47.0 Å². The highest BCUT2D eigenvalue weighted by atomic mass is 35.5. The lowest BCUT2D eigenvalue weighted by molar-refractivity contribution is 0.0997. The maximum atomic E-state index is 13.0. The third-order valence-corrected chi connectivity index (χ3v) is 8.40. The lowest BCUT2D eigenvalue weighted by Gasteiger charge is -2.19. The number of ether oxygens (including phenoxy) is 1. The first-order valence-electron chi connectivity index (χ1n) is 10.3. The fourth-order valence-electron chi connectivity index (χ4n) is 3.42. The minimum atomic E-state index is -3.77. The van der Waals surface area contributed by atoms with Crippen LogP contribution in [0.3, 0.4) is 0 Å². The quantitative estimate of drug-likeness (QED) is 0.361. The van der Waals surface area contributed by atoms with Crippen LogP contribution in [0, 0.1) is 0 Å². The van der Waals surface area contributed by atoms with Gasteiger partial charge in [-0.05, 0) is 48.5 Å². The Bertz CT molecular complexity index is 1500. The Kier molecular flexibility index (Phi) is 7.18. The van der Waals surface area contributed by atoms with Gasteiger partial charge in [-0.1, -0.05) is 47.2 Å². The summed E-state index contributed by atoms with van der Waals surface area (Å²) in [6.45, 7) is 0.912. The largest absolute Gasteiger partial charge is 0.383 e. The van der Waals surface area contributed by atoms with Crippen LogP contribution in [-0.2, 0) is 21.3 Å². The van der Waals surface area contributed by atoms with E-state index in [1.807, 2.05) is 22.8 Å². The second kappa shape index (κ2) is 10.1. The number of anilines is 1. The van der Waals surface area contributed by atoms with Gasteiger partial charge in [0, 0.05) is 26.3 Å². The molecule has 0 unspecified atom stereocenters. The monoisotopic (exact) mass is 515 g/mol. The minimum absolute atomic E-state index is 0.0826. The number of para-hydroxylation sites is 2. The number of benzene rings is 3. The van der Waals surface area contributed by atoms with Crippen molar-refractivity contribution in [3.05, 3.63) is 88.2 Å². The van der Waals surface area contributed by atoms with Crippen LogP contribution in [-0.4, -0.2) is 39.7 Å². The molecule has 0 atom stereocenters. The average molecular weight is 516 g/mol. The van der Waals surface area contributed by atoms with Gasteiger partial charge in [0.25, 0.3) is 15.9 Å². The molecular weight excluding hydrogens is 494 g/mol. The highest BCUT2D eigenvalue weighted by Crippen LogP contribution is 2.26. The Labute approximate surface area is 206 Å². The van der Waals surface area contributed by atoms with Crippen molar-refractivity contribution in [2.24, 2.45) is 4.99 Å². The molecular formula is C24H22ClN3O4S2. The second-order valence-electron chi connectivity index (χ2n) is 7.37. The van der Waals surface area contributed by atoms with E-state index in [0.29, 0.717) is 28.7 Å². The first-order valence-corrected chi connectivity index (χ1v) is 13.0. The molecule has 0 aliphatic heterocycles. The van der Waals surface area contributed by atoms with Crippen LogP contribution < -0.4 is 9.11 Å². The predicted molar refractivity (Wildman–Crippen MR) is 135 cm³/mol. The molecule has 4 rings (SSSR count).